The van der Waals surface area contributed by atoms with Gasteiger partial charge >= 0.3 is 0 Å². The SMILES string of the molecule is COc1c(C)cccc1[C@H](N)[C@H](C)O. The van der Waals surface area contributed by atoms with Gasteiger partial charge in [-0.05, 0) is 19.4 Å². The molecular formula is C11H17NO2. The van der Waals surface area contributed by atoms with Crippen molar-refractivity contribution in [1.29, 1.82) is 0 Å². The molecule has 0 saturated carbocycles. The van der Waals surface area contributed by atoms with Gasteiger partial charge in [0.1, 0.15) is 5.75 Å². The summed E-state index contributed by atoms with van der Waals surface area (Å²) in [5.74, 6) is 0.765. The van der Waals surface area contributed by atoms with Gasteiger partial charge in [0.2, 0.25) is 0 Å². The molecule has 0 bridgehead atoms. The second kappa shape index (κ2) is 4.44. The molecule has 1 rings (SSSR count). The minimum Gasteiger partial charge on any atom is -0.496 e. The van der Waals surface area contributed by atoms with Crippen LogP contribution in [0.25, 0.3) is 0 Å². The molecule has 14 heavy (non-hydrogen) atoms. The number of nitrogens with two attached hydrogens (primary N) is 1. The average molecular weight is 195 g/mol. The predicted molar refractivity (Wildman–Crippen MR) is 56.3 cm³/mol. The summed E-state index contributed by atoms with van der Waals surface area (Å²) in [5, 5.41) is 9.40. The Balaban J connectivity index is 3.13. The molecule has 0 aliphatic heterocycles. The van der Waals surface area contributed by atoms with E-state index in [1.165, 1.54) is 0 Å². The van der Waals surface area contributed by atoms with Crippen LogP contribution in [-0.4, -0.2) is 18.3 Å². The fourth-order valence-electron chi connectivity index (χ4n) is 1.48. The molecule has 0 aliphatic carbocycles. The highest BCUT2D eigenvalue weighted by atomic mass is 16.5. The van der Waals surface area contributed by atoms with Gasteiger partial charge in [-0.2, -0.15) is 0 Å². The summed E-state index contributed by atoms with van der Waals surface area (Å²) < 4.78 is 5.26. The van der Waals surface area contributed by atoms with Gasteiger partial charge in [-0.3, -0.25) is 0 Å². The van der Waals surface area contributed by atoms with E-state index >= 15 is 0 Å². The van der Waals surface area contributed by atoms with E-state index in [0.717, 1.165) is 16.9 Å². The maximum atomic E-state index is 9.40. The average Bonchev–Trinajstić information content (AvgIpc) is 2.16. The third-order valence-corrected chi connectivity index (χ3v) is 2.33. The Morgan fingerprint density at radius 3 is 2.57 bits per heavy atom. The molecule has 0 unspecified atom stereocenters. The molecule has 1 aromatic carbocycles. The normalized spacial score (nSPS) is 14.9. The van der Waals surface area contributed by atoms with Gasteiger partial charge in [0.15, 0.2) is 0 Å². The van der Waals surface area contributed by atoms with Crippen molar-refractivity contribution in [3.05, 3.63) is 29.3 Å². The van der Waals surface area contributed by atoms with Crippen LogP contribution in [0.5, 0.6) is 5.75 Å². The molecular weight excluding hydrogens is 178 g/mol. The summed E-state index contributed by atoms with van der Waals surface area (Å²) in [4.78, 5) is 0. The number of aliphatic hydroxyl groups excluding tert-OH is 1. The summed E-state index contributed by atoms with van der Waals surface area (Å²) in [7, 11) is 1.61. The van der Waals surface area contributed by atoms with E-state index < -0.39 is 12.1 Å². The van der Waals surface area contributed by atoms with Crippen LogP contribution in [0, 0.1) is 6.92 Å². The van der Waals surface area contributed by atoms with E-state index in [1.807, 2.05) is 25.1 Å². The van der Waals surface area contributed by atoms with Gasteiger partial charge in [-0.25, -0.2) is 0 Å². The van der Waals surface area contributed by atoms with Gasteiger partial charge in [-0.15, -0.1) is 0 Å². The van der Waals surface area contributed by atoms with Crippen LogP contribution in [0.2, 0.25) is 0 Å². The number of aliphatic hydroxyl groups is 1. The summed E-state index contributed by atoms with van der Waals surface area (Å²) in [6.45, 7) is 3.63. The van der Waals surface area contributed by atoms with E-state index in [2.05, 4.69) is 0 Å². The fraction of sp³-hybridized carbons (Fsp3) is 0.455. The fourth-order valence-corrected chi connectivity index (χ4v) is 1.48. The Labute approximate surface area is 84.5 Å². The molecule has 0 heterocycles. The monoisotopic (exact) mass is 195 g/mol. The van der Waals surface area contributed by atoms with Crippen LogP contribution in [0.4, 0.5) is 0 Å². The summed E-state index contributed by atoms with van der Waals surface area (Å²) in [6, 6.07) is 5.35. The molecule has 0 aliphatic rings. The van der Waals surface area contributed by atoms with Crippen LogP contribution in [0.3, 0.4) is 0 Å². The Morgan fingerprint density at radius 2 is 2.07 bits per heavy atom. The lowest BCUT2D eigenvalue weighted by molar-refractivity contribution is 0.162. The highest BCUT2D eigenvalue weighted by molar-refractivity contribution is 5.42. The van der Waals surface area contributed by atoms with Gasteiger partial charge < -0.3 is 15.6 Å². The number of ether oxygens (including phenoxy) is 1. The van der Waals surface area contributed by atoms with E-state index in [1.54, 1.807) is 14.0 Å². The van der Waals surface area contributed by atoms with Crippen LogP contribution < -0.4 is 10.5 Å². The summed E-state index contributed by atoms with van der Waals surface area (Å²) >= 11 is 0. The lowest BCUT2D eigenvalue weighted by Gasteiger charge is -2.19. The van der Waals surface area contributed by atoms with Crippen molar-refractivity contribution < 1.29 is 9.84 Å². The minimum atomic E-state index is -0.578. The topological polar surface area (TPSA) is 55.5 Å². The summed E-state index contributed by atoms with van der Waals surface area (Å²) in [6.07, 6.45) is -0.578. The molecule has 3 nitrogen and oxygen atoms in total. The van der Waals surface area contributed by atoms with E-state index in [-0.39, 0.29) is 0 Å². The molecule has 3 heteroatoms. The van der Waals surface area contributed by atoms with Crippen LogP contribution in [0.15, 0.2) is 18.2 Å². The summed E-state index contributed by atoms with van der Waals surface area (Å²) in [5.41, 5.74) is 7.73. The highest BCUT2D eigenvalue weighted by Crippen LogP contribution is 2.28. The van der Waals surface area contributed by atoms with Crippen molar-refractivity contribution in [2.75, 3.05) is 7.11 Å². The van der Waals surface area contributed by atoms with Crippen molar-refractivity contribution in [3.63, 3.8) is 0 Å². The number of aryl methyl sites for hydroxylation is 1. The molecule has 0 aromatic heterocycles. The third kappa shape index (κ3) is 2.05. The molecule has 0 saturated heterocycles. The Bertz CT molecular complexity index is 310. The first kappa shape index (κ1) is 11.0. The predicted octanol–water partition coefficient (Wildman–Crippen LogP) is 1.38. The first-order valence-corrected chi connectivity index (χ1v) is 4.65. The van der Waals surface area contributed by atoms with Gasteiger partial charge in [0, 0.05) is 5.56 Å². The Hall–Kier alpha value is -1.06. The second-order valence-corrected chi connectivity index (χ2v) is 3.46. The molecule has 1 aromatic rings. The van der Waals surface area contributed by atoms with Crippen LogP contribution >= 0.6 is 0 Å². The van der Waals surface area contributed by atoms with Gasteiger partial charge in [0.05, 0.1) is 19.3 Å². The van der Waals surface area contributed by atoms with Crippen LogP contribution in [0.1, 0.15) is 24.1 Å². The first-order chi connectivity index (χ1) is 6.57. The smallest absolute Gasteiger partial charge is 0.126 e. The molecule has 2 atom stereocenters. The van der Waals surface area contributed by atoms with Crippen molar-refractivity contribution >= 4 is 0 Å². The zero-order chi connectivity index (χ0) is 10.7. The number of methoxy groups -OCH3 is 1. The van der Waals surface area contributed by atoms with E-state index in [4.69, 9.17) is 10.5 Å². The quantitative estimate of drug-likeness (QED) is 0.766. The number of para-hydroxylation sites is 1. The maximum Gasteiger partial charge on any atom is 0.126 e. The molecule has 0 spiro atoms. The largest absolute Gasteiger partial charge is 0.496 e. The van der Waals surface area contributed by atoms with Crippen molar-refractivity contribution in [2.24, 2.45) is 5.73 Å². The molecule has 0 radical (unpaired) electrons. The first-order valence-electron chi connectivity index (χ1n) is 4.65. The van der Waals surface area contributed by atoms with Crippen molar-refractivity contribution in [2.45, 2.75) is 26.0 Å². The lowest BCUT2D eigenvalue weighted by Crippen LogP contribution is -2.23. The van der Waals surface area contributed by atoms with E-state index in [9.17, 15) is 5.11 Å². The Kier molecular flexibility index (Phi) is 3.49. The third-order valence-electron chi connectivity index (χ3n) is 2.33. The number of hydrogen-bond donors (Lipinski definition) is 2. The number of rotatable bonds is 3. The maximum absolute atomic E-state index is 9.40. The van der Waals surface area contributed by atoms with Gasteiger partial charge in [-0.1, -0.05) is 18.2 Å². The number of benzene rings is 1. The van der Waals surface area contributed by atoms with Crippen molar-refractivity contribution in [3.8, 4) is 5.75 Å². The van der Waals surface area contributed by atoms with E-state index in [0.29, 0.717) is 0 Å². The zero-order valence-corrected chi connectivity index (χ0v) is 8.82. The Morgan fingerprint density at radius 1 is 1.43 bits per heavy atom. The second-order valence-electron chi connectivity index (χ2n) is 3.46. The highest BCUT2D eigenvalue weighted by Gasteiger charge is 2.17. The lowest BCUT2D eigenvalue weighted by atomic mass is 10.00. The number of hydrogen-bond acceptors (Lipinski definition) is 3. The molecule has 0 fully saturated rings. The molecule has 0 amide bonds. The van der Waals surface area contributed by atoms with Crippen LogP contribution in [-0.2, 0) is 0 Å². The standard InChI is InChI=1S/C11H17NO2/c1-7-5-4-6-9(11(7)14-3)10(12)8(2)13/h4-6,8,10,13H,12H2,1-3H3/t8-,10+/m0/s1. The molecule has 78 valence electrons. The van der Waals surface area contributed by atoms with Crippen molar-refractivity contribution in [1.82, 2.24) is 0 Å². The zero-order valence-electron chi connectivity index (χ0n) is 8.82. The minimum absolute atomic E-state index is 0.398. The van der Waals surface area contributed by atoms with Gasteiger partial charge in [0.25, 0.3) is 0 Å². The molecule has 3 N–H and O–H groups in total.